The predicted molar refractivity (Wildman–Crippen MR) is 78.4 cm³/mol. The number of carbonyl (C=O) groups is 2. The molecule has 1 aromatic carbocycles. The van der Waals surface area contributed by atoms with Gasteiger partial charge in [-0.15, -0.1) is 0 Å². The zero-order valence-corrected chi connectivity index (χ0v) is 12.4. The van der Waals surface area contributed by atoms with Crippen LogP contribution in [0.3, 0.4) is 0 Å². The molecule has 0 saturated carbocycles. The summed E-state index contributed by atoms with van der Waals surface area (Å²) in [4.78, 5) is 25.9. The van der Waals surface area contributed by atoms with Crippen molar-refractivity contribution in [3.8, 4) is 5.75 Å². The Morgan fingerprint density at radius 2 is 2.00 bits per heavy atom. The fourth-order valence-electron chi connectivity index (χ4n) is 3.22. The van der Waals surface area contributed by atoms with E-state index in [0.29, 0.717) is 25.4 Å². The number of fused-ring (bicyclic) bond motifs is 2. The summed E-state index contributed by atoms with van der Waals surface area (Å²) in [7, 11) is 0. The number of hydrogen-bond acceptors (Lipinski definition) is 4. The van der Waals surface area contributed by atoms with Crippen molar-refractivity contribution in [2.75, 3.05) is 19.8 Å². The summed E-state index contributed by atoms with van der Waals surface area (Å²) < 4.78 is 10.9. The first-order valence-corrected chi connectivity index (χ1v) is 7.52. The molecule has 2 aliphatic heterocycles. The molecule has 6 nitrogen and oxygen atoms in total. The van der Waals surface area contributed by atoms with Crippen molar-refractivity contribution in [2.45, 2.75) is 31.8 Å². The van der Waals surface area contributed by atoms with Crippen molar-refractivity contribution in [1.82, 2.24) is 4.90 Å². The van der Waals surface area contributed by atoms with E-state index in [0.717, 1.165) is 12.8 Å². The van der Waals surface area contributed by atoms with E-state index in [9.17, 15) is 14.7 Å². The smallest absolute Gasteiger partial charge is 0.339 e. The van der Waals surface area contributed by atoms with Crippen LogP contribution in [0, 0.1) is 0 Å². The van der Waals surface area contributed by atoms with Crippen LogP contribution in [0.2, 0.25) is 0 Å². The van der Waals surface area contributed by atoms with E-state index in [2.05, 4.69) is 0 Å². The van der Waals surface area contributed by atoms with Gasteiger partial charge in [0.2, 0.25) is 0 Å². The van der Waals surface area contributed by atoms with E-state index in [1.165, 1.54) is 12.1 Å². The summed E-state index contributed by atoms with van der Waals surface area (Å²) in [5, 5.41) is 9.17. The molecule has 1 N–H and O–H groups in total. The number of ether oxygens (including phenoxy) is 2. The summed E-state index contributed by atoms with van der Waals surface area (Å²) in [6.07, 6.45) is 1.92. The summed E-state index contributed by atoms with van der Waals surface area (Å²) in [6, 6.07) is 4.78. The first-order valence-electron chi connectivity index (χ1n) is 7.52. The van der Waals surface area contributed by atoms with Gasteiger partial charge in [0.15, 0.2) is 0 Å². The molecule has 22 heavy (non-hydrogen) atoms. The van der Waals surface area contributed by atoms with Gasteiger partial charge in [0.1, 0.15) is 11.3 Å². The van der Waals surface area contributed by atoms with Gasteiger partial charge in [-0.3, -0.25) is 4.79 Å². The molecule has 2 bridgehead atoms. The van der Waals surface area contributed by atoms with Crippen LogP contribution in [0.25, 0.3) is 0 Å². The molecule has 2 saturated heterocycles. The van der Waals surface area contributed by atoms with Gasteiger partial charge < -0.3 is 19.5 Å². The largest absolute Gasteiger partial charge is 0.493 e. The number of carboxylic acid groups (broad SMARTS) is 1. The van der Waals surface area contributed by atoms with Crippen molar-refractivity contribution >= 4 is 11.9 Å². The van der Waals surface area contributed by atoms with Gasteiger partial charge in [-0.25, -0.2) is 4.79 Å². The second-order valence-corrected chi connectivity index (χ2v) is 5.58. The normalized spacial score (nSPS) is 23.4. The van der Waals surface area contributed by atoms with E-state index in [4.69, 9.17) is 9.47 Å². The lowest BCUT2D eigenvalue weighted by molar-refractivity contribution is -0.00718. The third-order valence-corrected chi connectivity index (χ3v) is 4.23. The Kier molecular flexibility index (Phi) is 4.02. The van der Waals surface area contributed by atoms with E-state index >= 15 is 0 Å². The third-order valence-electron chi connectivity index (χ3n) is 4.23. The number of amides is 1. The molecule has 1 amide bonds. The van der Waals surface area contributed by atoms with Gasteiger partial charge in [0.25, 0.3) is 5.91 Å². The fourth-order valence-corrected chi connectivity index (χ4v) is 3.22. The molecule has 2 atom stereocenters. The predicted octanol–water partition coefficient (Wildman–Crippen LogP) is 1.79. The van der Waals surface area contributed by atoms with Gasteiger partial charge in [0.05, 0.1) is 31.9 Å². The van der Waals surface area contributed by atoms with Crippen LogP contribution in [0.1, 0.15) is 40.5 Å². The zero-order chi connectivity index (χ0) is 15.7. The average molecular weight is 305 g/mol. The Morgan fingerprint density at radius 1 is 1.32 bits per heavy atom. The molecule has 2 aliphatic rings. The van der Waals surface area contributed by atoms with E-state index in [1.807, 2.05) is 4.90 Å². The van der Waals surface area contributed by atoms with Gasteiger partial charge >= 0.3 is 5.97 Å². The lowest BCUT2D eigenvalue weighted by Gasteiger charge is -2.34. The van der Waals surface area contributed by atoms with Gasteiger partial charge in [0, 0.05) is 5.56 Å². The minimum absolute atomic E-state index is 0.0725. The molecule has 118 valence electrons. The lowest BCUT2D eigenvalue weighted by atomic mass is 10.1. The molecule has 6 heteroatoms. The van der Waals surface area contributed by atoms with Crippen LogP contribution in [0.4, 0.5) is 0 Å². The Bertz CT molecular complexity index is 584. The number of rotatable bonds is 4. The highest BCUT2D eigenvalue weighted by Crippen LogP contribution is 2.31. The maximum atomic E-state index is 12.8. The average Bonchev–Trinajstić information content (AvgIpc) is 2.75. The standard InChI is InChI=1S/C16H19NO5/c1-2-22-14-7-10(3-6-13(14)16(19)20)15(18)17-11-4-5-12(17)9-21-8-11/h3,6-7,11-12H,2,4-5,8-9H2,1H3,(H,19,20). The number of carboxylic acids is 1. The van der Waals surface area contributed by atoms with Crippen LogP contribution < -0.4 is 4.74 Å². The highest BCUT2D eigenvalue weighted by molar-refractivity contribution is 5.98. The molecule has 0 aromatic heterocycles. The fraction of sp³-hybridized carbons (Fsp3) is 0.500. The molecule has 0 radical (unpaired) electrons. The summed E-state index contributed by atoms with van der Waals surface area (Å²) in [5.41, 5.74) is 0.538. The molecule has 2 heterocycles. The van der Waals surface area contributed by atoms with E-state index in [1.54, 1.807) is 13.0 Å². The topological polar surface area (TPSA) is 76.1 Å². The molecule has 0 spiro atoms. The van der Waals surface area contributed by atoms with Crippen molar-refractivity contribution in [3.63, 3.8) is 0 Å². The molecule has 2 unspecified atom stereocenters. The number of hydrogen-bond donors (Lipinski definition) is 1. The van der Waals surface area contributed by atoms with Crippen molar-refractivity contribution < 1.29 is 24.2 Å². The molecular weight excluding hydrogens is 286 g/mol. The Balaban J connectivity index is 1.89. The number of benzene rings is 1. The van der Waals surface area contributed by atoms with E-state index in [-0.39, 0.29) is 29.3 Å². The number of nitrogens with zero attached hydrogens (tertiary/aromatic N) is 1. The SMILES string of the molecule is CCOc1cc(C(=O)N2C3CCC2COC3)ccc1C(=O)O. The Hall–Kier alpha value is -2.08. The molecule has 1 aromatic rings. The summed E-state index contributed by atoms with van der Waals surface area (Å²) in [6.45, 7) is 3.28. The van der Waals surface area contributed by atoms with Gasteiger partial charge in [-0.2, -0.15) is 0 Å². The minimum Gasteiger partial charge on any atom is -0.493 e. The molecular formula is C16H19NO5. The maximum Gasteiger partial charge on any atom is 0.339 e. The monoisotopic (exact) mass is 305 g/mol. The molecule has 2 fully saturated rings. The van der Waals surface area contributed by atoms with Crippen LogP contribution in [-0.4, -0.2) is 53.8 Å². The second-order valence-electron chi connectivity index (χ2n) is 5.58. The minimum atomic E-state index is -1.06. The number of aromatic carboxylic acids is 1. The number of morpholine rings is 1. The summed E-state index contributed by atoms with van der Waals surface area (Å²) in [5.74, 6) is -0.899. The van der Waals surface area contributed by atoms with Crippen molar-refractivity contribution in [3.05, 3.63) is 29.3 Å². The van der Waals surface area contributed by atoms with Gasteiger partial charge in [-0.1, -0.05) is 0 Å². The van der Waals surface area contributed by atoms with Crippen molar-refractivity contribution in [2.24, 2.45) is 0 Å². The quantitative estimate of drug-likeness (QED) is 0.917. The van der Waals surface area contributed by atoms with Crippen LogP contribution >= 0.6 is 0 Å². The Labute approximate surface area is 128 Å². The van der Waals surface area contributed by atoms with Crippen LogP contribution in [0.5, 0.6) is 5.75 Å². The first kappa shape index (κ1) is 14.8. The number of carbonyl (C=O) groups excluding carboxylic acids is 1. The third kappa shape index (κ3) is 2.54. The second kappa shape index (κ2) is 5.96. The first-order chi connectivity index (χ1) is 10.6. The van der Waals surface area contributed by atoms with Crippen LogP contribution in [0.15, 0.2) is 18.2 Å². The maximum absolute atomic E-state index is 12.8. The van der Waals surface area contributed by atoms with Crippen LogP contribution in [-0.2, 0) is 4.74 Å². The Morgan fingerprint density at radius 3 is 2.59 bits per heavy atom. The van der Waals surface area contributed by atoms with Gasteiger partial charge in [-0.05, 0) is 38.0 Å². The zero-order valence-electron chi connectivity index (χ0n) is 12.4. The summed E-state index contributed by atoms with van der Waals surface area (Å²) >= 11 is 0. The highest BCUT2D eigenvalue weighted by Gasteiger charge is 2.40. The van der Waals surface area contributed by atoms with Crippen molar-refractivity contribution in [1.29, 1.82) is 0 Å². The molecule has 0 aliphatic carbocycles. The van der Waals surface area contributed by atoms with E-state index < -0.39 is 5.97 Å². The highest BCUT2D eigenvalue weighted by atomic mass is 16.5. The lowest BCUT2D eigenvalue weighted by Crippen LogP contribution is -2.49. The molecule has 3 rings (SSSR count).